The van der Waals surface area contributed by atoms with Gasteiger partial charge < -0.3 is 9.47 Å². The summed E-state index contributed by atoms with van der Waals surface area (Å²) in [6.07, 6.45) is 3.11. The maximum absolute atomic E-state index is 11.6. The van der Waals surface area contributed by atoms with E-state index in [2.05, 4.69) is 14.9 Å². The van der Waals surface area contributed by atoms with E-state index in [1.807, 2.05) is 0 Å². The number of rotatable bonds is 2. The van der Waals surface area contributed by atoms with Crippen LogP contribution in [0, 0.1) is 0 Å². The minimum absolute atomic E-state index is 0.116. The van der Waals surface area contributed by atoms with Crippen molar-refractivity contribution < 1.29 is 14.3 Å². The van der Waals surface area contributed by atoms with Crippen LogP contribution >= 0.6 is 0 Å². The number of hydrogen-bond donors (Lipinski definition) is 0. The van der Waals surface area contributed by atoms with E-state index < -0.39 is 0 Å². The van der Waals surface area contributed by atoms with Crippen molar-refractivity contribution in [1.29, 1.82) is 0 Å². The van der Waals surface area contributed by atoms with E-state index in [0.29, 0.717) is 19.0 Å². The summed E-state index contributed by atoms with van der Waals surface area (Å²) < 4.78 is 10.3. The number of nitrogens with zero attached hydrogens (tertiary/aromatic N) is 3. The summed E-state index contributed by atoms with van der Waals surface area (Å²) in [6, 6.07) is -0.122. The average Bonchev–Trinajstić information content (AvgIpc) is 2.83. The molecule has 1 saturated heterocycles. The molecule has 0 spiro atoms. The third kappa shape index (κ3) is 1.82. The van der Waals surface area contributed by atoms with Crippen LogP contribution in [0.2, 0.25) is 0 Å². The van der Waals surface area contributed by atoms with Crippen LogP contribution in [0.3, 0.4) is 0 Å². The first-order valence-corrected chi connectivity index (χ1v) is 6.07. The minimum Gasteiger partial charge on any atom is -0.481 e. The first-order chi connectivity index (χ1) is 8.79. The van der Waals surface area contributed by atoms with Crippen LogP contribution in [0.1, 0.15) is 17.7 Å². The summed E-state index contributed by atoms with van der Waals surface area (Å²) in [4.78, 5) is 22.1. The molecule has 0 aliphatic carbocycles. The third-order valence-electron chi connectivity index (χ3n) is 3.53. The standard InChI is InChI=1S/C12H15N3O3/c1-17-11-8-6-15(10-3-5-18-12(10)16)4-2-9(8)13-7-14-11/h7,10H,2-6H2,1H3. The van der Waals surface area contributed by atoms with Crippen molar-refractivity contribution in [2.24, 2.45) is 0 Å². The van der Waals surface area contributed by atoms with E-state index in [9.17, 15) is 4.79 Å². The number of aromatic nitrogens is 2. The highest BCUT2D eigenvalue weighted by Crippen LogP contribution is 2.27. The van der Waals surface area contributed by atoms with Crippen molar-refractivity contribution in [3.63, 3.8) is 0 Å². The first kappa shape index (κ1) is 11.4. The van der Waals surface area contributed by atoms with Crippen LogP contribution in [0.25, 0.3) is 0 Å². The molecule has 0 N–H and O–H groups in total. The van der Waals surface area contributed by atoms with E-state index in [0.717, 1.165) is 30.6 Å². The van der Waals surface area contributed by atoms with Gasteiger partial charge in [-0.2, -0.15) is 0 Å². The summed E-state index contributed by atoms with van der Waals surface area (Å²) in [6.45, 7) is 2.00. The fourth-order valence-electron chi connectivity index (χ4n) is 2.60. The maximum Gasteiger partial charge on any atom is 0.323 e. The largest absolute Gasteiger partial charge is 0.481 e. The molecular weight excluding hydrogens is 234 g/mol. The topological polar surface area (TPSA) is 64.6 Å². The van der Waals surface area contributed by atoms with E-state index in [4.69, 9.17) is 9.47 Å². The second-order valence-electron chi connectivity index (χ2n) is 4.50. The molecule has 1 aromatic rings. The van der Waals surface area contributed by atoms with Crippen LogP contribution in [0.5, 0.6) is 5.88 Å². The Morgan fingerprint density at radius 3 is 3.11 bits per heavy atom. The fraction of sp³-hybridized carbons (Fsp3) is 0.583. The molecule has 3 rings (SSSR count). The Morgan fingerprint density at radius 1 is 1.50 bits per heavy atom. The number of methoxy groups -OCH3 is 1. The van der Waals surface area contributed by atoms with E-state index >= 15 is 0 Å². The highest BCUT2D eigenvalue weighted by molar-refractivity contribution is 5.77. The lowest BCUT2D eigenvalue weighted by Crippen LogP contribution is -2.42. The SMILES string of the molecule is COc1ncnc2c1CN(C1CCOC1=O)CC2. The molecule has 6 nitrogen and oxygen atoms in total. The molecule has 0 bridgehead atoms. The number of hydrogen-bond acceptors (Lipinski definition) is 6. The Kier molecular flexibility index (Phi) is 2.87. The number of ether oxygens (including phenoxy) is 2. The predicted molar refractivity (Wildman–Crippen MR) is 62.1 cm³/mol. The molecule has 0 amide bonds. The molecule has 2 aliphatic heterocycles. The van der Waals surface area contributed by atoms with Gasteiger partial charge in [0.05, 0.1) is 19.4 Å². The lowest BCUT2D eigenvalue weighted by Gasteiger charge is -2.31. The van der Waals surface area contributed by atoms with Crippen LogP contribution in [0.4, 0.5) is 0 Å². The molecule has 1 unspecified atom stereocenters. The van der Waals surface area contributed by atoms with E-state index in [1.54, 1.807) is 7.11 Å². The summed E-state index contributed by atoms with van der Waals surface area (Å²) in [5.41, 5.74) is 2.01. The first-order valence-electron chi connectivity index (χ1n) is 6.07. The van der Waals surface area contributed by atoms with Crippen molar-refractivity contribution in [1.82, 2.24) is 14.9 Å². The zero-order chi connectivity index (χ0) is 12.5. The normalized spacial score (nSPS) is 23.6. The predicted octanol–water partition coefficient (Wildman–Crippen LogP) is 0.159. The van der Waals surface area contributed by atoms with Gasteiger partial charge in [-0.15, -0.1) is 0 Å². The van der Waals surface area contributed by atoms with Crippen molar-refractivity contribution >= 4 is 5.97 Å². The molecule has 6 heteroatoms. The van der Waals surface area contributed by atoms with Crippen LogP contribution in [0.15, 0.2) is 6.33 Å². The lowest BCUT2D eigenvalue weighted by molar-refractivity contribution is -0.142. The highest BCUT2D eigenvalue weighted by atomic mass is 16.5. The number of carbonyl (C=O) groups excluding carboxylic acids is 1. The lowest BCUT2D eigenvalue weighted by atomic mass is 10.0. The molecule has 1 fully saturated rings. The molecule has 96 valence electrons. The molecule has 0 radical (unpaired) electrons. The van der Waals surface area contributed by atoms with E-state index in [1.165, 1.54) is 6.33 Å². The molecule has 1 aromatic heterocycles. The summed E-state index contributed by atoms with van der Waals surface area (Å²) in [7, 11) is 1.60. The summed E-state index contributed by atoms with van der Waals surface area (Å²) in [5.74, 6) is 0.491. The maximum atomic E-state index is 11.6. The number of carbonyl (C=O) groups is 1. The Morgan fingerprint density at radius 2 is 2.39 bits per heavy atom. The van der Waals surface area contributed by atoms with Gasteiger partial charge in [0.2, 0.25) is 5.88 Å². The monoisotopic (exact) mass is 249 g/mol. The third-order valence-corrected chi connectivity index (χ3v) is 3.53. The van der Waals surface area contributed by atoms with Crippen LogP contribution < -0.4 is 4.74 Å². The van der Waals surface area contributed by atoms with Gasteiger partial charge in [-0.25, -0.2) is 9.97 Å². The Balaban J connectivity index is 1.85. The van der Waals surface area contributed by atoms with Gasteiger partial charge in [0.15, 0.2) is 0 Å². The van der Waals surface area contributed by atoms with Gasteiger partial charge >= 0.3 is 5.97 Å². The second-order valence-corrected chi connectivity index (χ2v) is 4.50. The smallest absolute Gasteiger partial charge is 0.323 e. The molecule has 3 heterocycles. The van der Waals surface area contributed by atoms with Gasteiger partial charge in [0.25, 0.3) is 0 Å². The van der Waals surface area contributed by atoms with Crippen molar-refractivity contribution in [3.05, 3.63) is 17.6 Å². The molecule has 18 heavy (non-hydrogen) atoms. The number of fused-ring (bicyclic) bond motifs is 1. The Hall–Kier alpha value is -1.69. The van der Waals surface area contributed by atoms with Crippen LogP contribution in [-0.2, 0) is 22.5 Å². The van der Waals surface area contributed by atoms with Crippen LogP contribution in [-0.4, -0.2) is 47.1 Å². The number of cyclic esters (lactones) is 1. The van der Waals surface area contributed by atoms with Gasteiger partial charge in [0, 0.05) is 31.5 Å². The molecule has 0 aromatic carbocycles. The highest BCUT2D eigenvalue weighted by Gasteiger charge is 2.35. The van der Waals surface area contributed by atoms with Gasteiger partial charge in [0.1, 0.15) is 12.4 Å². The zero-order valence-corrected chi connectivity index (χ0v) is 10.3. The van der Waals surface area contributed by atoms with E-state index in [-0.39, 0.29) is 12.0 Å². The molecule has 1 atom stereocenters. The minimum atomic E-state index is -0.122. The molecular formula is C12H15N3O3. The fourth-order valence-corrected chi connectivity index (χ4v) is 2.60. The van der Waals surface area contributed by atoms with Crippen molar-refractivity contribution in [2.45, 2.75) is 25.4 Å². The molecule has 2 aliphatic rings. The van der Waals surface area contributed by atoms with Gasteiger partial charge in [-0.05, 0) is 0 Å². The summed E-state index contributed by atoms with van der Waals surface area (Å²) in [5, 5.41) is 0. The quantitative estimate of drug-likeness (QED) is 0.696. The average molecular weight is 249 g/mol. The van der Waals surface area contributed by atoms with Gasteiger partial charge in [-0.3, -0.25) is 9.69 Å². The van der Waals surface area contributed by atoms with Crippen molar-refractivity contribution in [3.8, 4) is 5.88 Å². The van der Waals surface area contributed by atoms with Crippen molar-refractivity contribution in [2.75, 3.05) is 20.3 Å². The molecule has 0 saturated carbocycles. The second kappa shape index (κ2) is 4.53. The number of esters is 1. The van der Waals surface area contributed by atoms with Gasteiger partial charge in [-0.1, -0.05) is 0 Å². The summed E-state index contributed by atoms with van der Waals surface area (Å²) >= 11 is 0. The zero-order valence-electron chi connectivity index (χ0n) is 10.3. The Labute approximate surface area is 105 Å². The Bertz CT molecular complexity index is 463.